The third-order valence-electron chi connectivity index (χ3n) is 1.58. The molecule has 0 radical (unpaired) electrons. The number of hydrogen-bond acceptors (Lipinski definition) is 3. The highest BCUT2D eigenvalue weighted by Crippen LogP contribution is 2.09. The van der Waals surface area contributed by atoms with Gasteiger partial charge in [-0.2, -0.15) is 0 Å². The third-order valence-corrected chi connectivity index (χ3v) is 1.58. The fourth-order valence-corrected chi connectivity index (χ4v) is 0.895. The second-order valence-corrected chi connectivity index (χ2v) is 2.39. The number of carboxylic acid groups (broad SMARTS) is 1. The van der Waals surface area contributed by atoms with Crippen molar-refractivity contribution < 1.29 is 9.90 Å². The van der Waals surface area contributed by atoms with E-state index in [9.17, 15) is 4.79 Å². The zero-order chi connectivity index (χ0) is 9.14. The van der Waals surface area contributed by atoms with Gasteiger partial charge < -0.3 is 10.8 Å². The Morgan fingerprint density at radius 3 is 2.75 bits per heavy atom. The molecule has 0 spiro atoms. The van der Waals surface area contributed by atoms with Gasteiger partial charge in [0.2, 0.25) is 0 Å². The number of nitrogens with two attached hydrogens (primary N) is 1. The molecule has 1 heterocycles. The minimum atomic E-state index is -1.04. The van der Waals surface area contributed by atoms with Crippen LogP contribution in [0.5, 0.6) is 0 Å². The van der Waals surface area contributed by atoms with Gasteiger partial charge in [0.1, 0.15) is 11.4 Å². The summed E-state index contributed by atoms with van der Waals surface area (Å²) in [4.78, 5) is 14.4. The number of nitrogens with zero attached hydrogens (tertiary/aromatic N) is 1. The topological polar surface area (TPSA) is 76.2 Å². The van der Waals surface area contributed by atoms with Crippen LogP contribution in [-0.4, -0.2) is 16.1 Å². The van der Waals surface area contributed by atoms with Crippen LogP contribution in [0.3, 0.4) is 0 Å². The lowest BCUT2D eigenvalue weighted by Crippen LogP contribution is -2.05. The summed E-state index contributed by atoms with van der Waals surface area (Å²) in [6.45, 7) is 1.93. The van der Waals surface area contributed by atoms with E-state index >= 15 is 0 Å². The predicted molar refractivity (Wildman–Crippen MR) is 45.0 cm³/mol. The summed E-state index contributed by atoms with van der Waals surface area (Å²) in [6, 6.07) is 3.14. The molecule has 4 nitrogen and oxygen atoms in total. The molecule has 0 fully saturated rings. The molecular weight excluding hydrogens is 156 g/mol. The van der Waals surface area contributed by atoms with Gasteiger partial charge in [0, 0.05) is 5.69 Å². The zero-order valence-corrected chi connectivity index (χ0v) is 6.74. The number of aromatic carboxylic acids is 1. The van der Waals surface area contributed by atoms with E-state index < -0.39 is 5.97 Å². The van der Waals surface area contributed by atoms with Crippen molar-refractivity contribution in [3.63, 3.8) is 0 Å². The zero-order valence-electron chi connectivity index (χ0n) is 6.74. The lowest BCUT2D eigenvalue weighted by atomic mass is 10.2. The fraction of sp³-hybridized carbons (Fsp3) is 0.250. The first-order chi connectivity index (χ1) is 5.65. The molecule has 4 heteroatoms. The molecule has 64 valence electrons. The van der Waals surface area contributed by atoms with Gasteiger partial charge in [-0.15, -0.1) is 0 Å². The number of aryl methyl sites for hydroxylation is 1. The molecule has 0 aromatic carbocycles. The summed E-state index contributed by atoms with van der Waals surface area (Å²) in [6.07, 6.45) is 0.754. The fourth-order valence-electron chi connectivity index (χ4n) is 0.895. The molecule has 1 aromatic rings. The minimum Gasteiger partial charge on any atom is -0.478 e. The Bertz CT molecular complexity index is 310. The van der Waals surface area contributed by atoms with Gasteiger partial charge in [-0.1, -0.05) is 6.92 Å². The summed E-state index contributed by atoms with van der Waals surface area (Å²) in [5.41, 5.74) is 6.27. The Labute approximate surface area is 70.0 Å². The summed E-state index contributed by atoms with van der Waals surface area (Å²) in [5.74, 6) is -0.954. The van der Waals surface area contributed by atoms with E-state index in [2.05, 4.69) is 4.98 Å². The van der Waals surface area contributed by atoms with Gasteiger partial charge in [-0.25, -0.2) is 9.78 Å². The average Bonchev–Trinajstić information content (AvgIpc) is 2.03. The normalized spacial score (nSPS) is 9.75. The van der Waals surface area contributed by atoms with Gasteiger partial charge >= 0.3 is 5.97 Å². The van der Waals surface area contributed by atoms with E-state index in [0.29, 0.717) is 0 Å². The second kappa shape index (κ2) is 3.21. The molecule has 0 aliphatic carbocycles. The number of carbonyl (C=O) groups is 1. The Balaban J connectivity index is 3.12. The third kappa shape index (κ3) is 1.53. The van der Waals surface area contributed by atoms with E-state index in [1.54, 1.807) is 6.07 Å². The highest BCUT2D eigenvalue weighted by atomic mass is 16.4. The van der Waals surface area contributed by atoms with Crippen molar-refractivity contribution in [2.24, 2.45) is 0 Å². The molecule has 0 saturated heterocycles. The summed E-state index contributed by atoms with van der Waals surface area (Å²) in [5, 5.41) is 8.61. The van der Waals surface area contributed by atoms with Gasteiger partial charge in [0.05, 0.1) is 0 Å². The van der Waals surface area contributed by atoms with Crippen LogP contribution in [0.15, 0.2) is 12.1 Å². The van der Waals surface area contributed by atoms with Crippen molar-refractivity contribution in [3.8, 4) is 0 Å². The molecule has 0 aliphatic rings. The summed E-state index contributed by atoms with van der Waals surface area (Å²) in [7, 11) is 0. The highest BCUT2D eigenvalue weighted by molar-refractivity contribution is 5.92. The maximum atomic E-state index is 10.5. The molecule has 1 aromatic heterocycles. The first-order valence-corrected chi connectivity index (χ1v) is 3.63. The number of carboxylic acids is 1. The highest BCUT2D eigenvalue weighted by Gasteiger charge is 2.08. The smallest absolute Gasteiger partial charge is 0.339 e. The molecule has 0 saturated carbocycles. The lowest BCUT2D eigenvalue weighted by molar-refractivity contribution is 0.0697. The van der Waals surface area contributed by atoms with Gasteiger partial charge in [0.15, 0.2) is 0 Å². The second-order valence-electron chi connectivity index (χ2n) is 2.39. The molecule has 0 aliphatic heterocycles. The number of anilines is 1. The lowest BCUT2D eigenvalue weighted by Gasteiger charge is -2.01. The quantitative estimate of drug-likeness (QED) is 0.685. The Morgan fingerprint density at radius 2 is 2.33 bits per heavy atom. The molecule has 0 atom stereocenters. The van der Waals surface area contributed by atoms with E-state index in [1.165, 1.54) is 6.07 Å². The van der Waals surface area contributed by atoms with Crippen LogP contribution in [-0.2, 0) is 6.42 Å². The van der Waals surface area contributed by atoms with E-state index in [0.717, 1.165) is 12.1 Å². The van der Waals surface area contributed by atoms with Gasteiger partial charge in [0.25, 0.3) is 0 Å². The SMILES string of the molecule is CCc1ccc(C(=O)O)c(N)n1. The molecule has 1 rings (SSSR count). The van der Waals surface area contributed by atoms with Crippen LogP contribution in [0.25, 0.3) is 0 Å². The summed E-state index contributed by atoms with van der Waals surface area (Å²) >= 11 is 0. The van der Waals surface area contributed by atoms with E-state index in [1.807, 2.05) is 6.92 Å². The Morgan fingerprint density at radius 1 is 1.67 bits per heavy atom. The largest absolute Gasteiger partial charge is 0.478 e. The van der Waals surface area contributed by atoms with Crippen LogP contribution < -0.4 is 5.73 Å². The van der Waals surface area contributed by atoms with E-state index in [-0.39, 0.29) is 11.4 Å². The van der Waals surface area contributed by atoms with Crippen molar-refractivity contribution >= 4 is 11.8 Å². The number of aromatic nitrogens is 1. The van der Waals surface area contributed by atoms with Crippen molar-refractivity contribution in [2.45, 2.75) is 13.3 Å². The molecular formula is C8H10N2O2. The molecule has 12 heavy (non-hydrogen) atoms. The molecule has 3 N–H and O–H groups in total. The van der Waals surface area contributed by atoms with Gasteiger partial charge in [-0.05, 0) is 18.6 Å². The number of nitrogen functional groups attached to an aromatic ring is 1. The minimum absolute atomic E-state index is 0.0622. The molecule has 0 unspecified atom stereocenters. The van der Waals surface area contributed by atoms with Crippen molar-refractivity contribution in [3.05, 3.63) is 23.4 Å². The van der Waals surface area contributed by atoms with Crippen molar-refractivity contribution in [1.82, 2.24) is 4.98 Å². The maximum absolute atomic E-state index is 10.5. The van der Waals surface area contributed by atoms with Crippen LogP contribution in [0, 0.1) is 0 Å². The number of hydrogen-bond donors (Lipinski definition) is 2. The first-order valence-electron chi connectivity index (χ1n) is 3.63. The van der Waals surface area contributed by atoms with Crippen LogP contribution in [0.4, 0.5) is 5.82 Å². The average molecular weight is 166 g/mol. The molecule has 0 bridgehead atoms. The first kappa shape index (κ1) is 8.52. The maximum Gasteiger partial charge on any atom is 0.339 e. The summed E-state index contributed by atoms with van der Waals surface area (Å²) < 4.78 is 0. The standard InChI is InChI=1S/C8H10N2O2/c1-2-5-3-4-6(8(11)12)7(9)10-5/h3-4H,2H2,1H3,(H2,9,10)(H,11,12). The predicted octanol–water partition coefficient (Wildman–Crippen LogP) is 0.924. The van der Waals surface area contributed by atoms with Crippen molar-refractivity contribution in [2.75, 3.05) is 5.73 Å². The van der Waals surface area contributed by atoms with Gasteiger partial charge in [-0.3, -0.25) is 0 Å². The molecule has 0 amide bonds. The van der Waals surface area contributed by atoms with Crippen LogP contribution >= 0.6 is 0 Å². The van der Waals surface area contributed by atoms with Crippen LogP contribution in [0.2, 0.25) is 0 Å². The Kier molecular flexibility index (Phi) is 2.28. The number of pyridine rings is 1. The van der Waals surface area contributed by atoms with E-state index in [4.69, 9.17) is 10.8 Å². The number of rotatable bonds is 2. The van der Waals surface area contributed by atoms with Crippen molar-refractivity contribution in [1.29, 1.82) is 0 Å². The monoisotopic (exact) mass is 166 g/mol. The Hall–Kier alpha value is -1.58. The van der Waals surface area contributed by atoms with Crippen LogP contribution in [0.1, 0.15) is 23.0 Å².